The third-order valence-corrected chi connectivity index (χ3v) is 4.14. The molecule has 0 bridgehead atoms. The molecule has 9 heteroatoms. The number of amides is 1. The molecule has 0 saturated heterocycles. The van der Waals surface area contributed by atoms with Gasteiger partial charge >= 0.3 is 6.18 Å². The number of halogens is 3. The van der Waals surface area contributed by atoms with Crippen LogP contribution in [0.25, 0.3) is 0 Å². The van der Waals surface area contributed by atoms with Gasteiger partial charge in [0.1, 0.15) is 11.5 Å². The minimum atomic E-state index is -4.41. The van der Waals surface area contributed by atoms with Gasteiger partial charge in [-0.2, -0.15) is 13.2 Å². The molecule has 0 aliphatic carbocycles. The molecule has 0 spiro atoms. The zero-order valence-corrected chi connectivity index (χ0v) is 14.5. The van der Waals surface area contributed by atoms with Crippen LogP contribution in [0, 0.1) is 13.8 Å². The van der Waals surface area contributed by atoms with Gasteiger partial charge in [-0.3, -0.25) is 4.79 Å². The van der Waals surface area contributed by atoms with Crippen LogP contribution < -0.4 is 10.1 Å². The fourth-order valence-electron chi connectivity index (χ4n) is 1.98. The van der Waals surface area contributed by atoms with Crippen LogP contribution in [0.3, 0.4) is 0 Å². The third kappa shape index (κ3) is 6.33. The number of carbonyl (C=O) groups is 1. The van der Waals surface area contributed by atoms with E-state index in [0.29, 0.717) is 11.4 Å². The van der Waals surface area contributed by atoms with E-state index in [1.807, 2.05) is 13.8 Å². The number of rotatable bonds is 7. The Labute approximate surface area is 146 Å². The van der Waals surface area contributed by atoms with Gasteiger partial charge < -0.3 is 14.6 Å². The molecule has 25 heavy (non-hydrogen) atoms. The van der Waals surface area contributed by atoms with E-state index in [1.54, 1.807) is 6.07 Å². The number of thioether (sulfide) groups is 1. The van der Waals surface area contributed by atoms with Gasteiger partial charge in [0, 0.05) is 23.1 Å². The van der Waals surface area contributed by atoms with Gasteiger partial charge in [0.15, 0.2) is 6.61 Å². The predicted octanol–water partition coefficient (Wildman–Crippen LogP) is 4.10. The second-order valence-corrected chi connectivity index (χ2v) is 6.26. The highest BCUT2D eigenvalue weighted by Crippen LogP contribution is 2.22. The van der Waals surface area contributed by atoms with Crippen LogP contribution in [0.2, 0.25) is 0 Å². The average molecular weight is 374 g/mol. The molecule has 5 nitrogen and oxygen atoms in total. The van der Waals surface area contributed by atoms with E-state index in [4.69, 9.17) is 4.52 Å². The lowest BCUT2D eigenvalue weighted by Gasteiger charge is -2.11. The number of hydrogen-bond acceptors (Lipinski definition) is 5. The summed E-state index contributed by atoms with van der Waals surface area (Å²) in [4.78, 5) is 11.9. The summed E-state index contributed by atoms with van der Waals surface area (Å²) in [7, 11) is 0. The van der Waals surface area contributed by atoms with E-state index in [2.05, 4.69) is 15.2 Å². The number of ether oxygens (including phenoxy) is 1. The molecule has 136 valence electrons. The Kier molecular flexibility index (Phi) is 6.35. The number of benzene rings is 1. The molecule has 1 aromatic carbocycles. The highest BCUT2D eigenvalue weighted by atomic mass is 32.2. The molecule has 2 aromatic rings. The molecular weight excluding hydrogens is 357 g/mol. The van der Waals surface area contributed by atoms with Gasteiger partial charge in [0.2, 0.25) is 5.91 Å². The van der Waals surface area contributed by atoms with Crippen molar-refractivity contribution >= 4 is 23.4 Å². The van der Waals surface area contributed by atoms with Crippen molar-refractivity contribution < 1.29 is 27.2 Å². The van der Waals surface area contributed by atoms with Crippen LogP contribution in [-0.2, 0) is 10.5 Å². The lowest BCUT2D eigenvalue weighted by molar-refractivity contribution is -0.153. The van der Waals surface area contributed by atoms with E-state index in [0.717, 1.165) is 17.0 Å². The van der Waals surface area contributed by atoms with Crippen molar-refractivity contribution in [1.29, 1.82) is 0 Å². The van der Waals surface area contributed by atoms with Crippen molar-refractivity contribution in [3.05, 3.63) is 41.3 Å². The van der Waals surface area contributed by atoms with E-state index in [9.17, 15) is 18.0 Å². The zero-order valence-electron chi connectivity index (χ0n) is 13.6. The van der Waals surface area contributed by atoms with Crippen molar-refractivity contribution in [2.24, 2.45) is 0 Å². The Morgan fingerprint density at radius 1 is 1.36 bits per heavy atom. The lowest BCUT2D eigenvalue weighted by Crippen LogP contribution is -2.19. The van der Waals surface area contributed by atoms with Crippen molar-refractivity contribution in [3.8, 4) is 5.75 Å². The number of carbonyl (C=O) groups excluding carboxylic acids is 1. The predicted molar refractivity (Wildman–Crippen MR) is 88.8 cm³/mol. The molecule has 0 unspecified atom stereocenters. The number of nitrogens with one attached hydrogen (secondary N) is 1. The first kappa shape index (κ1) is 19.2. The molecule has 1 N–H and O–H groups in total. The van der Waals surface area contributed by atoms with Gasteiger partial charge in [-0.15, -0.1) is 11.8 Å². The van der Waals surface area contributed by atoms with Gasteiger partial charge in [-0.25, -0.2) is 0 Å². The summed E-state index contributed by atoms with van der Waals surface area (Å²) in [5.41, 5.74) is 2.13. The number of alkyl halides is 3. The quantitative estimate of drug-likeness (QED) is 0.790. The highest BCUT2D eigenvalue weighted by Gasteiger charge is 2.28. The van der Waals surface area contributed by atoms with Crippen molar-refractivity contribution in [1.82, 2.24) is 5.16 Å². The molecule has 0 aliphatic heterocycles. The Morgan fingerprint density at radius 2 is 2.12 bits per heavy atom. The molecule has 0 aliphatic rings. The Bertz CT molecular complexity index is 712. The Hall–Kier alpha value is -2.16. The van der Waals surface area contributed by atoms with Crippen LogP contribution in [0.4, 0.5) is 18.9 Å². The van der Waals surface area contributed by atoms with Crippen molar-refractivity contribution in [2.75, 3.05) is 17.7 Å². The molecule has 1 heterocycles. The maximum Gasteiger partial charge on any atom is 0.422 e. The summed E-state index contributed by atoms with van der Waals surface area (Å²) >= 11 is 1.39. The minimum absolute atomic E-state index is 0.0403. The SMILES string of the molecule is Cc1noc(C)c1CSCC(=O)Nc1cccc(OCC(F)(F)F)c1. The number of nitrogens with zero attached hydrogens (tertiary/aromatic N) is 1. The van der Waals surface area contributed by atoms with E-state index >= 15 is 0 Å². The maximum absolute atomic E-state index is 12.2. The lowest BCUT2D eigenvalue weighted by atomic mass is 10.2. The minimum Gasteiger partial charge on any atom is -0.484 e. The van der Waals surface area contributed by atoms with Gasteiger partial charge in [-0.1, -0.05) is 11.2 Å². The Balaban J connectivity index is 1.82. The molecule has 1 aromatic heterocycles. The fraction of sp³-hybridized carbons (Fsp3) is 0.375. The number of aryl methyl sites for hydroxylation is 2. The summed E-state index contributed by atoms with van der Waals surface area (Å²) in [6.07, 6.45) is -4.41. The van der Waals surface area contributed by atoms with Gasteiger partial charge in [0.05, 0.1) is 11.4 Å². The first-order valence-corrected chi connectivity index (χ1v) is 8.49. The Morgan fingerprint density at radius 3 is 2.76 bits per heavy atom. The fourth-order valence-corrected chi connectivity index (χ4v) is 2.96. The normalized spacial score (nSPS) is 11.4. The number of aromatic nitrogens is 1. The largest absolute Gasteiger partial charge is 0.484 e. The second kappa shape index (κ2) is 8.28. The average Bonchev–Trinajstić information content (AvgIpc) is 2.84. The van der Waals surface area contributed by atoms with Crippen LogP contribution in [0.15, 0.2) is 28.8 Å². The second-order valence-electron chi connectivity index (χ2n) is 5.28. The summed E-state index contributed by atoms with van der Waals surface area (Å²) in [5.74, 6) is 1.28. The van der Waals surface area contributed by atoms with Crippen LogP contribution in [-0.4, -0.2) is 29.6 Å². The van der Waals surface area contributed by atoms with Crippen LogP contribution >= 0.6 is 11.8 Å². The van der Waals surface area contributed by atoms with Crippen molar-refractivity contribution in [3.63, 3.8) is 0 Å². The molecule has 1 amide bonds. The first-order valence-electron chi connectivity index (χ1n) is 7.33. The molecule has 2 rings (SSSR count). The number of anilines is 1. The topological polar surface area (TPSA) is 64.4 Å². The highest BCUT2D eigenvalue weighted by molar-refractivity contribution is 7.99. The number of hydrogen-bond donors (Lipinski definition) is 1. The molecule has 0 fully saturated rings. The van der Waals surface area contributed by atoms with Gasteiger partial charge in [0.25, 0.3) is 0 Å². The molecule has 0 radical (unpaired) electrons. The third-order valence-electron chi connectivity index (χ3n) is 3.18. The summed E-state index contributed by atoms with van der Waals surface area (Å²) < 4.78 is 46.2. The molecule has 0 atom stereocenters. The van der Waals surface area contributed by atoms with Gasteiger partial charge in [-0.05, 0) is 26.0 Å². The van der Waals surface area contributed by atoms with Crippen LogP contribution in [0.5, 0.6) is 5.75 Å². The van der Waals surface area contributed by atoms with E-state index in [-0.39, 0.29) is 17.4 Å². The summed E-state index contributed by atoms with van der Waals surface area (Å²) in [6, 6.07) is 5.84. The summed E-state index contributed by atoms with van der Waals surface area (Å²) in [6.45, 7) is 2.26. The van der Waals surface area contributed by atoms with E-state index in [1.165, 1.54) is 30.0 Å². The molecule has 0 saturated carbocycles. The molecular formula is C16H17F3N2O3S. The zero-order chi connectivity index (χ0) is 18.4. The standard InChI is InChI=1S/C16H17F3N2O3S/c1-10-14(11(2)24-21-10)7-25-8-15(22)20-12-4-3-5-13(6-12)23-9-16(17,18)19/h3-6H,7-9H2,1-2H3,(H,20,22). The van der Waals surface area contributed by atoms with E-state index < -0.39 is 12.8 Å². The van der Waals surface area contributed by atoms with Crippen molar-refractivity contribution in [2.45, 2.75) is 25.8 Å². The van der Waals surface area contributed by atoms with Crippen LogP contribution in [0.1, 0.15) is 17.0 Å². The smallest absolute Gasteiger partial charge is 0.422 e. The summed E-state index contributed by atoms with van der Waals surface area (Å²) in [5, 5.41) is 6.47. The maximum atomic E-state index is 12.2. The monoisotopic (exact) mass is 374 g/mol. The first-order chi connectivity index (χ1) is 11.7.